The predicted octanol–water partition coefficient (Wildman–Crippen LogP) is 6.07. The highest BCUT2D eigenvalue weighted by Crippen LogP contribution is 2.39. The molecule has 6 rings (SSSR count). The number of methoxy groups -OCH3 is 1. The number of anilines is 1. The predicted molar refractivity (Wildman–Crippen MR) is 179 cm³/mol. The van der Waals surface area contributed by atoms with E-state index in [9.17, 15) is 9.90 Å². The number of piperazine rings is 1. The molecular weight excluding hydrogens is 611 g/mol. The van der Waals surface area contributed by atoms with E-state index in [0.29, 0.717) is 53.6 Å². The number of amides is 1. The molecule has 1 unspecified atom stereocenters. The van der Waals surface area contributed by atoms with Crippen LogP contribution in [0.5, 0.6) is 5.88 Å². The van der Waals surface area contributed by atoms with Gasteiger partial charge in [-0.15, -0.1) is 10.2 Å². The highest BCUT2D eigenvalue weighted by atomic mass is 35.5. The molecule has 2 aromatic heterocycles. The summed E-state index contributed by atoms with van der Waals surface area (Å²) in [6.45, 7) is 8.61. The molecule has 3 aliphatic rings. The first-order valence-corrected chi connectivity index (χ1v) is 16.9. The van der Waals surface area contributed by atoms with E-state index < -0.39 is 5.60 Å². The zero-order chi connectivity index (χ0) is 32.0. The number of piperidine rings is 1. The number of ether oxygens (including phenoxy) is 1. The van der Waals surface area contributed by atoms with Crippen molar-refractivity contribution >= 4 is 34.9 Å². The van der Waals surface area contributed by atoms with E-state index in [0.717, 1.165) is 68.8 Å². The average molecular weight is 656 g/mol. The van der Waals surface area contributed by atoms with Crippen molar-refractivity contribution in [1.29, 1.82) is 0 Å². The fourth-order valence-corrected chi connectivity index (χ4v) is 7.34. The van der Waals surface area contributed by atoms with Gasteiger partial charge in [-0.05, 0) is 81.5 Å². The van der Waals surface area contributed by atoms with Crippen LogP contribution in [0.4, 0.5) is 5.82 Å². The molecule has 2 aliphatic heterocycles. The molecule has 3 aromatic rings. The molecule has 1 aliphatic carbocycles. The van der Waals surface area contributed by atoms with E-state index in [1.54, 1.807) is 19.4 Å². The highest BCUT2D eigenvalue weighted by Gasteiger charge is 2.39. The zero-order valence-corrected chi connectivity index (χ0v) is 28.0. The Bertz CT molecular complexity index is 1390. The number of aromatic nitrogens is 3. The van der Waals surface area contributed by atoms with Crippen molar-refractivity contribution in [3.8, 4) is 17.1 Å². The smallest absolute Gasteiger partial charge is 0.227 e. The fourth-order valence-electron chi connectivity index (χ4n) is 6.81. The highest BCUT2D eigenvalue weighted by molar-refractivity contribution is 6.35. The quantitative estimate of drug-likeness (QED) is 0.342. The Morgan fingerprint density at radius 2 is 1.64 bits per heavy atom. The normalized spacial score (nSPS) is 24.0. The van der Waals surface area contributed by atoms with E-state index in [-0.39, 0.29) is 11.8 Å². The van der Waals surface area contributed by atoms with Crippen molar-refractivity contribution < 1.29 is 14.6 Å². The number of pyridine rings is 1. The molecule has 0 radical (unpaired) electrons. The van der Waals surface area contributed by atoms with Gasteiger partial charge in [0.1, 0.15) is 0 Å². The lowest BCUT2D eigenvalue weighted by atomic mass is 9.77. The van der Waals surface area contributed by atoms with Gasteiger partial charge in [-0.2, -0.15) is 0 Å². The topological polar surface area (TPSA) is 94.9 Å². The molecular formula is C34H44Cl2N6O3. The van der Waals surface area contributed by atoms with Crippen LogP contribution in [0.1, 0.15) is 57.9 Å². The monoisotopic (exact) mass is 654 g/mol. The number of halogens is 2. The summed E-state index contributed by atoms with van der Waals surface area (Å²) in [6.07, 6.45) is 6.90. The standard InChI is InChI=1S/C32H38Cl2N6O3.C2H6/c1-43-30-7-4-24(20-35-30)32(42)10-8-27(9-11-32)40-12-2-3-22(21-40)31(41)39-15-13-38(14-16-39)29-6-5-28(36-37-29)23-17-25(33)19-26(34)18-23;1-2/h4-7,17-20,22,27,42H,2-3,8-16,21H2,1H3;1-2H3. The Morgan fingerprint density at radius 1 is 0.933 bits per heavy atom. The molecule has 11 heteroatoms. The molecule has 1 atom stereocenters. The number of carbonyl (C=O) groups excluding carboxylic acids is 1. The van der Waals surface area contributed by atoms with Gasteiger partial charge in [-0.1, -0.05) is 37.0 Å². The van der Waals surface area contributed by atoms with E-state index in [1.165, 1.54) is 0 Å². The Morgan fingerprint density at radius 3 is 2.24 bits per heavy atom. The van der Waals surface area contributed by atoms with Crippen LogP contribution in [0.15, 0.2) is 48.7 Å². The van der Waals surface area contributed by atoms with Crippen molar-refractivity contribution in [3.05, 3.63) is 64.3 Å². The molecule has 9 nitrogen and oxygen atoms in total. The molecule has 0 bridgehead atoms. The van der Waals surface area contributed by atoms with Gasteiger partial charge in [-0.25, -0.2) is 4.98 Å². The minimum Gasteiger partial charge on any atom is -0.481 e. The van der Waals surface area contributed by atoms with Gasteiger partial charge in [-0.3, -0.25) is 9.69 Å². The van der Waals surface area contributed by atoms with Gasteiger partial charge in [0.25, 0.3) is 0 Å². The molecule has 1 saturated carbocycles. The van der Waals surface area contributed by atoms with Crippen molar-refractivity contribution in [2.24, 2.45) is 5.92 Å². The van der Waals surface area contributed by atoms with E-state index in [2.05, 4.69) is 25.0 Å². The Balaban J connectivity index is 0.00000196. The number of hydrogen-bond acceptors (Lipinski definition) is 8. The van der Waals surface area contributed by atoms with Crippen molar-refractivity contribution in [2.45, 2.75) is 64.0 Å². The summed E-state index contributed by atoms with van der Waals surface area (Å²) in [5.41, 5.74) is 1.54. The number of rotatable bonds is 6. The molecule has 1 amide bonds. The second-order valence-electron chi connectivity index (χ2n) is 11.9. The number of hydrogen-bond donors (Lipinski definition) is 1. The summed E-state index contributed by atoms with van der Waals surface area (Å²) in [6, 6.07) is 13.3. The first kappa shape index (κ1) is 33.4. The molecule has 0 spiro atoms. The molecule has 3 fully saturated rings. The lowest BCUT2D eigenvalue weighted by Gasteiger charge is -2.44. The molecule has 2 saturated heterocycles. The lowest BCUT2D eigenvalue weighted by molar-refractivity contribution is -0.138. The molecule has 45 heavy (non-hydrogen) atoms. The first-order valence-electron chi connectivity index (χ1n) is 16.1. The van der Waals surface area contributed by atoms with E-state index in [1.807, 2.05) is 55.1 Å². The minimum absolute atomic E-state index is 0.0236. The van der Waals surface area contributed by atoms with Crippen LogP contribution in [0.2, 0.25) is 10.0 Å². The van der Waals surface area contributed by atoms with Crippen LogP contribution < -0.4 is 9.64 Å². The number of likely N-dealkylation sites (tertiary alicyclic amines) is 1. The largest absolute Gasteiger partial charge is 0.481 e. The zero-order valence-electron chi connectivity index (χ0n) is 26.5. The number of aliphatic hydroxyl groups is 1. The summed E-state index contributed by atoms with van der Waals surface area (Å²) in [4.78, 5) is 24.6. The van der Waals surface area contributed by atoms with Crippen LogP contribution in [0, 0.1) is 5.92 Å². The minimum atomic E-state index is -0.853. The fraction of sp³-hybridized carbons (Fsp3) is 0.529. The van der Waals surface area contributed by atoms with Gasteiger partial charge < -0.3 is 19.6 Å². The maximum Gasteiger partial charge on any atom is 0.227 e. The Labute approximate surface area is 276 Å². The second kappa shape index (κ2) is 15.1. The number of benzene rings is 1. The van der Waals surface area contributed by atoms with Crippen molar-refractivity contribution in [1.82, 2.24) is 25.0 Å². The summed E-state index contributed by atoms with van der Waals surface area (Å²) in [5, 5.41) is 21.3. The third-order valence-corrected chi connectivity index (χ3v) is 9.74. The van der Waals surface area contributed by atoms with Crippen molar-refractivity contribution in [2.75, 3.05) is 51.3 Å². The molecule has 1 N–H and O–H groups in total. The maximum absolute atomic E-state index is 13.6. The van der Waals surface area contributed by atoms with Gasteiger partial charge in [0.2, 0.25) is 11.8 Å². The number of nitrogens with zero attached hydrogens (tertiary/aromatic N) is 6. The third-order valence-electron chi connectivity index (χ3n) is 9.31. The van der Waals surface area contributed by atoms with Gasteiger partial charge >= 0.3 is 0 Å². The molecule has 4 heterocycles. The summed E-state index contributed by atoms with van der Waals surface area (Å²) >= 11 is 12.3. The maximum atomic E-state index is 13.6. The summed E-state index contributed by atoms with van der Waals surface area (Å²) in [7, 11) is 1.59. The van der Waals surface area contributed by atoms with Crippen LogP contribution in [0.25, 0.3) is 11.3 Å². The van der Waals surface area contributed by atoms with Gasteiger partial charge in [0, 0.05) is 72.2 Å². The Hall–Kier alpha value is -2.98. The Kier molecular flexibility index (Phi) is 11.2. The van der Waals surface area contributed by atoms with E-state index in [4.69, 9.17) is 27.9 Å². The molecule has 242 valence electrons. The van der Waals surface area contributed by atoms with Crippen LogP contribution >= 0.6 is 23.2 Å². The lowest BCUT2D eigenvalue weighted by Crippen LogP contribution is -2.54. The van der Waals surface area contributed by atoms with Crippen molar-refractivity contribution in [3.63, 3.8) is 0 Å². The SMILES string of the molecule is CC.COc1ccc(C2(O)CCC(N3CCCC(C(=O)N4CCN(c5ccc(-c6cc(Cl)cc(Cl)c6)nn5)CC4)C3)CC2)cn1. The summed E-state index contributed by atoms with van der Waals surface area (Å²) < 4.78 is 5.16. The summed E-state index contributed by atoms with van der Waals surface area (Å²) in [5.74, 6) is 1.64. The number of carbonyl (C=O) groups is 1. The van der Waals surface area contributed by atoms with Crippen LogP contribution in [-0.2, 0) is 10.4 Å². The molecule has 1 aromatic carbocycles. The van der Waals surface area contributed by atoms with Gasteiger partial charge in [0.15, 0.2) is 5.82 Å². The van der Waals surface area contributed by atoms with Gasteiger partial charge in [0.05, 0.1) is 24.3 Å². The average Bonchev–Trinajstić information content (AvgIpc) is 3.09. The first-order chi connectivity index (χ1) is 21.8. The second-order valence-corrected chi connectivity index (χ2v) is 12.8. The van der Waals surface area contributed by atoms with E-state index >= 15 is 0 Å². The van der Waals surface area contributed by atoms with Crippen LogP contribution in [0.3, 0.4) is 0 Å². The van der Waals surface area contributed by atoms with Crippen LogP contribution in [-0.4, -0.2) is 88.4 Å². The third kappa shape index (κ3) is 7.88.